The molecule has 0 saturated heterocycles. The molecule has 0 spiro atoms. The zero-order valence-electron chi connectivity index (χ0n) is 13.8. The summed E-state index contributed by atoms with van der Waals surface area (Å²) >= 11 is 0. The van der Waals surface area contributed by atoms with Crippen molar-refractivity contribution in [1.29, 1.82) is 0 Å². The van der Waals surface area contributed by atoms with E-state index in [-0.39, 0.29) is 19.1 Å². The molecular weight excluding hydrogens is 290 g/mol. The van der Waals surface area contributed by atoms with Gasteiger partial charge in [-0.15, -0.1) is 0 Å². The van der Waals surface area contributed by atoms with Crippen molar-refractivity contribution in [2.75, 3.05) is 13.2 Å². The van der Waals surface area contributed by atoms with E-state index in [1.807, 2.05) is 57.2 Å². The number of rotatable bonds is 6. The Morgan fingerprint density at radius 1 is 1.09 bits per heavy atom. The number of benzene rings is 2. The van der Waals surface area contributed by atoms with Crippen LogP contribution in [-0.4, -0.2) is 30.3 Å². The number of aliphatic hydroxyl groups is 1. The Kier molecular flexibility index (Phi) is 5.77. The van der Waals surface area contributed by atoms with Gasteiger partial charge in [0.2, 0.25) is 0 Å². The second-order valence-electron chi connectivity index (χ2n) is 5.74. The number of aryl methyl sites for hydroxylation is 3. The minimum Gasteiger partial charge on any atom is -0.491 e. The average molecular weight is 313 g/mol. The smallest absolute Gasteiger partial charge is 0.251 e. The van der Waals surface area contributed by atoms with Gasteiger partial charge in [0.15, 0.2) is 0 Å². The molecule has 0 aliphatic heterocycles. The highest BCUT2D eigenvalue weighted by Crippen LogP contribution is 2.16. The van der Waals surface area contributed by atoms with Crippen LogP contribution in [0.2, 0.25) is 0 Å². The molecule has 23 heavy (non-hydrogen) atoms. The zero-order valence-corrected chi connectivity index (χ0v) is 13.8. The van der Waals surface area contributed by atoms with Crippen LogP contribution in [0.15, 0.2) is 42.5 Å². The van der Waals surface area contributed by atoms with Crippen LogP contribution in [-0.2, 0) is 0 Å². The van der Waals surface area contributed by atoms with Crippen molar-refractivity contribution in [3.05, 3.63) is 64.7 Å². The summed E-state index contributed by atoms with van der Waals surface area (Å²) in [7, 11) is 0. The lowest BCUT2D eigenvalue weighted by atomic mass is 10.1. The fraction of sp³-hybridized carbons (Fsp3) is 0.316. The van der Waals surface area contributed by atoms with Crippen molar-refractivity contribution >= 4 is 5.91 Å². The van der Waals surface area contributed by atoms with Crippen molar-refractivity contribution in [1.82, 2.24) is 5.32 Å². The molecule has 0 saturated carbocycles. The van der Waals surface area contributed by atoms with E-state index in [1.54, 1.807) is 6.07 Å². The normalized spacial score (nSPS) is 11.8. The third kappa shape index (κ3) is 4.83. The average Bonchev–Trinajstić information content (AvgIpc) is 2.54. The first-order chi connectivity index (χ1) is 11.0. The van der Waals surface area contributed by atoms with E-state index in [0.29, 0.717) is 5.56 Å². The molecule has 1 unspecified atom stereocenters. The summed E-state index contributed by atoms with van der Waals surface area (Å²) in [6.45, 7) is 6.21. The number of para-hydroxylation sites is 1. The monoisotopic (exact) mass is 313 g/mol. The van der Waals surface area contributed by atoms with Gasteiger partial charge in [-0.25, -0.2) is 0 Å². The highest BCUT2D eigenvalue weighted by Gasteiger charge is 2.11. The maximum atomic E-state index is 12.1. The molecule has 0 aliphatic rings. The van der Waals surface area contributed by atoms with Crippen LogP contribution >= 0.6 is 0 Å². The molecule has 2 rings (SSSR count). The fourth-order valence-corrected chi connectivity index (χ4v) is 2.16. The molecule has 0 fully saturated rings. The topological polar surface area (TPSA) is 58.6 Å². The Labute approximate surface area is 137 Å². The number of hydrogen-bond acceptors (Lipinski definition) is 3. The molecule has 0 aliphatic carbocycles. The second kappa shape index (κ2) is 7.79. The van der Waals surface area contributed by atoms with Crippen molar-refractivity contribution in [2.24, 2.45) is 0 Å². The molecule has 122 valence electrons. The zero-order chi connectivity index (χ0) is 16.8. The van der Waals surface area contributed by atoms with Crippen LogP contribution in [0, 0.1) is 20.8 Å². The number of amides is 1. The minimum absolute atomic E-state index is 0.137. The van der Waals surface area contributed by atoms with Crippen LogP contribution < -0.4 is 10.1 Å². The van der Waals surface area contributed by atoms with Crippen LogP contribution in [0.3, 0.4) is 0 Å². The van der Waals surface area contributed by atoms with Gasteiger partial charge < -0.3 is 15.2 Å². The molecule has 0 aromatic heterocycles. The summed E-state index contributed by atoms with van der Waals surface area (Å²) in [4.78, 5) is 12.1. The molecule has 0 bridgehead atoms. The van der Waals surface area contributed by atoms with Crippen molar-refractivity contribution in [3.63, 3.8) is 0 Å². The molecule has 1 atom stereocenters. The van der Waals surface area contributed by atoms with E-state index in [2.05, 4.69) is 5.32 Å². The van der Waals surface area contributed by atoms with E-state index in [9.17, 15) is 9.90 Å². The van der Waals surface area contributed by atoms with E-state index < -0.39 is 6.10 Å². The Morgan fingerprint density at radius 2 is 1.83 bits per heavy atom. The second-order valence-corrected chi connectivity index (χ2v) is 5.74. The van der Waals surface area contributed by atoms with Crippen LogP contribution in [0.1, 0.15) is 27.0 Å². The lowest BCUT2D eigenvalue weighted by molar-refractivity contribution is 0.0842. The van der Waals surface area contributed by atoms with E-state index in [1.165, 1.54) is 0 Å². The fourth-order valence-electron chi connectivity index (χ4n) is 2.16. The molecule has 4 heteroatoms. The Hall–Kier alpha value is -2.33. The SMILES string of the molecule is Cc1ccc(C(=O)NCC(O)COc2ccccc2C)cc1C. The summed E-state index contributed by atoms with van der Waals surface area (Å²) < 4.78 is 5.57. The Balaban J connectivity index is 1.82. The van der Waals surface area contributed by atoms with Gasteiger partial charge in [-0.05, 0) is 55.7 Å². The highest BCUT2D eigenvalue weighted by molar-refractivity contribution is 5.94. The first-order valence-electron chi connectivity index (χ1n) is 7.69. The third-order valence-electron chi connectivity index (χ3n) is 3.79. The molecule has 0 radical (unpaired) electrons. The maximum absolute atomic E-state index is 12.1. The summed E-state index contributed by atoms with van der Waals surface area (Å²) in [5.74, 6) is 0.551. The number of hydrogen-bond donors (Lipinski definition) is 2. The molecule has 0 heterocycles. The number of carbonyl (C=O) groups excluding carboxylic acids is 1. The van der Waals surface area contributed by atoms with Crippen molar-refractivity contribution < 1.29 is 14.6 Å². The first kappa shape index (κ1) is 17.0. The standard InChI is InChI=1S/C19H23NO3/c1-13-8-9-16(10-15(13)3)19(22)20-11-17(21)12-23-18-7-5-4-6-14(18)2/h4-10,17,21H,11-12H2,1-3H3,(H,20,22). The van der Waals surface area contributed by atoms with Crippen LogP contribution in [0.5, 0.6) is 5.75 Å². The lowest BCUT2D eigenvalue weighted by Gasteiger charge is -2.14. The lowest BCUT2D eigenvalue weighted by Crippen LogP contribution is -2.35. The van der Waals surface area contributed by atoms with Crippen LogP contribution in [0.25, 0.3) is 0 Å². The molecule has 2 aromatic rings. The van der Waals surface area contributed by atoms with E-state index in [4.69, 9.17) is 4.74 Å². The van der Waals surface area contributed by atoms with Gasteiger partial charge in [0, 0.05) is 12.1 Å². The van der Waals surface area contributed by atoms with Crippen molar-refractivity contribution in [2.45, 2.75) is 26.9 Å². The van der Waals surface area contributed by atoms with Crippen LogP contribution in [0.4, 0.5) is 0 Å². The summed E-state index contributed by atoms with van der Waals surface area (Å²) in [6, 6.07) is 13.2. The summed E-state index contributed by atoms with van der Waals surface area (Å²) in [5, 5.41) is 12.7. The quantitative estimate of drug-likeness (QED) is 0.862. The van der Waals surface area contributed by atoms with Gasteiger partial charge in [0.25, 0.3) is 5.91 Å². The Morgan fingerprint density at radius 3 is 2.52 bits per heavy atom. The number of nitrogens with one attached hydrogen (secondary N) is 1. The number of ether oxygens (including phenoxy) is 1. The Bertz CT molecular complexity index is 682. The van der Waals surface area contributed by atoms with Gasteiger partial charge >= 0.3 is 0 Å². The minimum atomic E-state index is -0.759. The predicted octanol–water partition coefficient (Wildman–Crippen LogP) is 2.78. The molecule has 4 nitrogen and oxygen atoms in total. The van der Waals surface area contributed by atoms with Gasteiger partial charge in [-0.1, -0.05) is 24.3 Å². The first-order valence-corrected chi connectivity index (χ1v) is 7.69. The van der Waals surface area contributed by atoms with E-state index >= 15 is 0 Å². The molecular formula is C19H23NO3. The predicted molar refractivity (Wildman–Crippen MR) is 90.9 cm³/mol. The number of carbonyl (C=O) groups is 1. The third-order valence-corrected chi connectivity index (χ3v) is 3.79. The molecule has 1 amide bonds. The van der Waals surface area contributed by atoms with Gasteiger partial charge in [-0.3, -0.25) is 4.79 Å². The largest absolute Gasteiger partial charge is 0.491 e. The highest BCUT2D eigenvalue weighted by atomic mass is 16.5. The molecule has 2 aromatic carbocycles. The van der Waals surface area contributed by atoms with Gasteiger partial charge in [0.05, 0.1) is 0 Å². The maximum Gasteiger partial charge on any atom is 0.251 e. The van der Waals surface area contributed by atoms with Crippen molar-refractivity contribution in [3.8, 4) is 5.75 Å². The number of aliphatic hydroxyl groups excluding tert-OH is 1. The summed E-state index contributed by atoms with van der Waals surface area (Å²) in [6.07, 6.45) is -0.759. The molecule has 2 N–H and O–H groups in total. The summed E-state index contributed by atoms with van der Waals surface area (Å²) in [5.41, 5.74) is 3.83. The van der Waals surface area contributed by atoms with E-state index in [0.717, 1.165) is 22.4 Å². The van der Waals surface area contributed by atoms with Gasteiger partial charge in [-0.2, -0.15) is 0 Å². The van der Waals surface area contributed by atoms with Gasteiger partial charge in [0.1, 0.15) is 18.5 Å².